The normalized spacial score (nSPS) is 24.5. The van der Waals surface area contributed by atoms with Crippen LogP contribution in [-0.4, -0.2) is 49.2 Å². The van der Waals surface area contributed by atoms with Crippen molar-refractivity contribution >= 4 is 29.2 Å². The minimum Gasteiger partial charge on any atom is -0.378 e. The molecule has 0 aromatic heterocycles. The summed E-state index contributed by atoms with van der Waals surface area (Å²) < 4.78 is 18.5. The topological polar surface area (TPSA) is 70.7 Å². The molecule has 2 fully saturated rings. The second-order valence-electron chi connectivity index (χ2n) is 5.40. The highest BCUT2D eigenvalue weighted by Gasteiger charge is 2.35. The molecule has 8 heteroatoms. The Morgan fingerprint density at radius 1 is 1.41 bits per heavy atom. The van der Waals surface area contributed by atoms with Crippen LogP contribution in [0.2, 0.25) is 5.02 Å². The SMILES string of the molecule is O=C1N[C@@H]2COC[C@H]1CN(C(=O)Nc1ccc(F)c(Cl)c1)C2. The van der Waals surface area contributed by atoms with Gasteiger partial charge in [-0.1, -0.05) is 11.6 Å². The molecular weight excluding hydrogens is 313 g/mol. The van der Waals surface area contributed by atoms with Crippen molar-refractivity contribution in [1.82, 2.24) is 10.2 Å². The van der Waals surface area contributed by atoms with Crippen molar-refractivity contribution in [2.45, 2.75) is 6.04 Å². The van der Waals surface area contributed by atoms with Crippen LogP contribution in [-0.2, 0) is 9.53 Å². The van der Waals surface area contributed by atoms with Crippen LogP contribution in [0.4, 0.5) is 14.9 Å². The highest BCUT2D eigenvalue weighted by Crippen LogP contribution is 2.20. The molecule has 3 rings (SSSR count). The van der Waals surface area contributed by atoms with Gasteiger partial charge in [-0.3, -0.25) is 4.79 Å². The van der Waals surface area contributed by atoms with Crippen LogP contribution < -0.4 is 10.6 Å². The summed E-state index contributed by atoms with van der Waals surface area (Å²) in [6.45, 7) is 1.33. The molecule has 118 valence electrons. The minimum atomic E-state index is -0.545. The van der Waals surface area contributed by atoms with Crippen molar-refractivity contribution in [3.63, 3.8) is 0 Å². The molecule has 2 bridgehead atoms. The average molecular weight is 328 g/mol. The third-order valence-electron chi connectivity index (χ3n) is 3.69. The maximum Gasteiger partial charge on any atom is 0.321 e. The number of amides is 3. The summed E-state index contributed by atoms with van der Waals surface area (Å²) >= 11 is 5.70. The fourth-order valence-corrected chi connectivity index (χ4v) is 2.75. The van der Waals surface area contributed by atoms with Gasteiger partial charge >= 0.3 is 6.03 Å². The van der Waals surface area contributed by atoms with E-state index in [0.29, 0.717) is 25.4 Å². The smallest absolute Gasteiger partial charge is 0.321 e. The van der Waals surface area contributed by atoms with E-state index < -0.39 is 5.82 Å². The van der Waals surface area contributed by atoms with E-state index in [2.05, 4.69) is 10.6 Å². The lowest BCUT2D eigenvalue weighted by Gasteiger charge is -2.27. The van der Waals surface area contributed by atoms with Gasteiger partial charge in [0.05, 0.1) is 30.2 Å². The van der Waals surface area contributed by atoms with Gasteiger partial charge in [0.1, 0.15) is 5.82 Å². The van der Waals surface area contributed by atoms with Crippen molar-refractivity contribution in [2.24, 2.45) is 5.92 Å². The highest BCUT2D eigenvalue weighted by molar-refractivity contribution is 6.31. The molecule has 2 N–H and O–H groups in total. The van der Waals surface area contributed by atoms with Crippen molar-refractivity contribution < 1.29 is 18.7 Å². The molecule has 22 heavy (non-hydrogen) atoms. The predicted molar refractivity (Wildman–Crippen MR) is 78.2 cm³/mol. The number of carbonyl (C=O) groups excluding carboxylic acids is 2. The molecule has 0 spiro atoms. The van der Waals surface area contributed by atoms with Crippen LogP contribution in [0, 0.1) is 11.7 Å². The maximum atomic E-state index is 13.1. The molecule has 0 saturated carbocycles. The Morgan fingerprint density at radius 3 is 3.00 bits per heavy atom. The number of hydrogen-bond donors (Lipinski definition) is 2. The quantitative estimate of drug-likeness (QED) is 0.820. The Morgan fingerprint density at radius 2 is 2.23 bits per heavy atom. The van der Waals surface area contributed by atoms with Crippen LogP contribution in [0.3, 0.4) is 0 Å². The van der Waals surface area contributed by atoms with E-state index in [-0.39, 0.29) is 35.5 Å². The Kier molecular flexibility index (Phi) is 4.17. The first-order chi connectivity index (χ1) is 10.5. The van der Waals surface area contributed by atoms with E-state index in [1.165, 1.54) is 18.2 Å². The van der Waals surface area contributed by atoms with Gasteiger partial charge in [0.15, 0.2) is 0 Å². The summed E-state index contributed by atoms with van der Waals surface area (Å²) in [5.74, 6) is -1.02. The second-order valence-corrected chi connectivity index (χ2v) is 5.81. The molecule has 2 aliphatic heterocycles. The number of carbonyl (C=O) groups is 2. The lowest BCUT2D eigenvalue weighted by molar-refractivity contribution is -0.125. The molecule has 0 aliphatic carbocycles. The average Bonchev–Trinajstić information content (AvgIpc) is 2.71. The van der Waals surface area contributed by atoms with Gasteiger partial charge in [-0.15, -0.1) is 0 Å². The molecule has 1 aromatic carbocycles. The number of anilines is 1. The standard InChI is InChI=1S/C14H15ClFN3O3/c15-11-3-9(1-2-12(11)16)18-14(21)19-4-8-6-22-7-10(5-19)17-13(8)20/h1-3,8,10H,4-7H2,(H,17,20)(H,18,21)/t8-,10+/m1/s1. The van der Waals surface area contributed by atoms with Crippen LogP contribution in [0.5, 0.6) is 0 Å². The van der Waals surface area contributed by atoms with E-state index in [4.69, 9.17) is 16.3 Å². The predicted octanol–water partition coefficient (Wildman–Crippen LogP) is 1.46. The maximum absolute atomic E-state index is 13.1. The number of ether oxygens (including phenoxy) is 1. The Balaban J connectivity index is 1.71. The number of halogens is 2. The summed E-state index contributed by atoms with van der Waals surface area (Å²) in [5.41, 5.74) is 0.404. The van der Waals surface area contributed by atoms with Gasteiger partial charge in [0.25, 0.3) is 0 Å². The lowest BCUT2D eigenvalue weighted by atomic mass is 10.1. The monoisotopic (exact) mass is 327 g/mol. The van der Waals surface area contributed by atoms with Gasteiger partial charge in [-0.2, -0.15) is 0 Å². The fourth-order valence-electron chi connectivity index (χ4n) is 2.57. The number of nitrogens with zero attached hydrogens (tertiary/aromatic N) is 1. The van der Waals surface area contributed by atoms with Crippen LogP contribution in [0.15, 0.2) is 18.2 Å². The van der Waals surface area contributed by atoms with Crippen LogP contribution in [0.25, 0.3) is 0 Å². The minimum absolute atomic E-state index is 0.0595. The number of nitrogens with one attached hydrogen (secondary N) is 2. The summed E-state index contributed by atoms with van der Waals surface area (Å²) in [5, 5.41) is 5.46. The van der Waals surface area contributed by atoms with Gasteiger partial charge in [-0.05, 0) is 18.2 Å². The first-order valence-electron chi connectivity index (χ1n) is 6.92. The summed E-state index contributed by atoms with van der Waals surface area (Å²) in [6, 6.07) is 3.40. The molecule has 2 heterocycles. The molecule has 1 aromatic rings. The van der Waals surface area contributed by atoms with Crippen molar-refractivity contribution in [3.8, 4) is 0 Å². The third kappa shape index (κ3) is 3.15. The van der Waals surface area contributed by atoms with E-state index in [0.717, 1.165) is 0 Å². The number of benzene rings is 1. The first kappa shape index (κ1) is 15.1. The molecule has 6 nitrogen and oxygen atoms in total. The van der Waals surface area contributed by atoms with Crippen LogP contribution >= 0.6 is 11.6 Å². The zero-order chi connectivity index (χ0) is 15.7. The molecule has 3 amide bonds. The molecule has 0 unspecified atom stereocenters. The van der Waals surface area contributed by atoms with Crippen molar-refractivity contribution in [3.05, 3.63) is 29.0 Å². The second kappa shape index (κ2) is 6.10. The molecule has 2 atom stereocenters. The number of rotatable bonds is 1. The summed E-state index contributed by atoms with van der Waals surface area (Å²) in [7, 11) is 0. The van der Waals surface area contributed by atoms with E-state index >= 15 is 0 Å². The summed E-state index contributed by atoms with van der Waals surface area (Å²) in [6.07, 6.45) is 0. The Bertz CT molecular complexity index is 613. The Labute approximate surface area is 131 Å². The number of hydrogen-bond acceptors (Lipinski definition) is 3. The van der Waals surface area contributed by atoms with E-state index in [1.807, 2.05) is 0 Å². The Hall–Kier alpha value is -1.86. The number of urea groups is 1. The molecule has 0 radical (unpaired) electrons. The highest BCUT2D eigenvalue weighted by atomic mass is 35.5. The lowest BCUT2D eigenvalue weighted by Crippen LogP contribution is -2.46. The van der Waals surface area contributed by atoms with Crippen molar-refractivity contribution in [1.29, 1.82) is 0 Å². The molecular formula is C14H15ClFN3O3. The van der Waals surface area contributed by atoms with Gasteiger partial charge in [-0.25, -0.2) is 9.18 Å². The largest absolute Gasteiger partial charge is 0.378 e. The zero-order valence-corrected chi connectivity index (χ0v) is 12.4. The zero-order valence-electron chi connectivity index (χ0n) is 11.6. The number of fused-ring (bicyclic) bond motifs is 3. The molecule has 2 saturated heterocycles. The molecule has 2 aliphatic rings. The van der Waals surface area contributed by atoms with E-state index in [1.54, 1.807) is 4.90 Å². The van der Waals surface area contributed by atoms with E-state index in [9.17, 15) is 14.0 Å². The van der Waals surface area contributed by atoms with Gasteiger partial charge < -0.3 is 20.3 Å². The van der Waals surface area contributed by atoms with Crippen LogP contribution in [0.1, 0.15) is 0 Å². The third-order valence-corrected chi connectivity index (χ3v) is 3.98. The fraction of sp³-hybridized carbons (Fsp3) is 0.429. The van der Waals surface area contributed by atoms with Crippen molar-refractivity contribution in [2.75, 3.05) is 31.6 Å². The van der Waals surface area contributed by atoms with Gasteiger partial charge in [0.2, 0.25) is 5.91 Å². The summed E-state index contributed by atoms with van der Waals surface area (Å²) in [4.78, 5) is 25.8. The van der Waals surface area contributed by atoms with Gasteiger partial charge in [0, 0.05) is 18.8 Å². The first-order valence-corrected chi connectivity index (χ1v) is 7.30.